The van der Waals surface area contributed by atoms with E-state index in [1.165, 1.54) is 0 Å². The molecule has 0 spiro atoms. The van der Waals surface area contributed by atoms with Crippen LogP contribution >= 0.6 is 0 Å². The molecule has 1 atom stereocenters. The molecule has 0 saturated heterocycles. The second kappa shape index (κ2) is 9.85. The number of hydrogen-bond acceptors (Lipinski definition) is 5. The lowest BCUT2D eigenvalue weighted by Gasteiger charge is -2.18. The Kier molecular flexibility index (Phi) is 6.98. The molecule has 0 aliphatic carbocycles. The minimum atomic E-state index is -0.676. The van der Waals surface area contributed by atoms with Crippen molar-refractivity contribution < 1.29 is 24.1 Å². The molecular weight excluding hydrogens is 368 g/mol. The highest BCUT2D eigenvalue weighted by Crippen LogP contribution is 2.36. The number of aliphatic hydroxyl groups is 1. The maximum atomic E-state index is 10.2. The maximum absolute atomic E-state index is 10.2. The van der Waals surface area contributed by atoms with Gasteiger partial charge in [0.25, 0.3) is 0 Å². The van der Waals surface area contributed by atoms with Gasteiger partial charge in [0.05, 0.1) is 20.3 Å². The highest BCUT2D eigenvalue weighted by Gasteiger charge is 2.15. The Hall–Kier alpha value is -3.18. The zero-order valence-electron chi connectivity index (χ0n) is 16.9. The summed E-state index contributed by atoms with van der Waals surface area (Å²) in [6, 6.07) is 20.9. The summed E-state index contributed by atoms with van der Waals surface area (Å²) < 4.78 is 22.5. The minimum Gasteiger partial charge on any atom is -0.497 e. The number of hydrogen-bond donors (Lipinski definition) is 1. The fourth-order valence-corrected chi connectivity index (χ4v) is 2.89. The summed E-state index contributed by atoms with van der Waals surface area (Å²) in [4.78, 5) is 0. The van der Waals surface area contributed by atoms with E-state index in [-0.39, 0.29) is 0 Å². The summed E-state index contributed by atoms with van der Waals surface area (Å²) in [5.74, 6) is 2.73. The molecule has 5 heteroatoms. The van der Waals surface area contributed by atoms with Crippen molar-refractivity contribution in [2.24, 2.45) is 0 Å². The Morgan fingerprint density at radius 3 is 1.72 bits per heavy atom. The number of para-hydroxylation sites is 1. The van der Waals surface area contributed by atoms with Crippen molar-refractivity contribution in [3.8, 4) is 23.0 Å². The maximum Gasteiger partial charge on any atom is 0.167 e. The molecule has 0 saturated carbocycles. The molecule has 1 N–H and O–H groups in total. The van der Waals surface area contributed by atoms with Gasteiger partial charge in [-0.2, -0.15) is 0 Å². The summed E-state index contributed by atoms with van der Waals surface area (Å²) in [7, 11) is 3.27. The first-order valence-corrected chi connectivity index (χ1v) is 9.43. The fourth-order valence-electron chi connectivity index (χ4n) is 2.89. The lowest BCUT2D eigenvalue weighted by molar-refractivity contribution is 0.185. The van der Waals surface area contributed by atoms with Gasteiger partial charge in [-0.25, -0.2) is 0 Å². The Labute approximate surface area is 171 Å². The SMILES string of the molecule is COc1ccc(COc2cccc(C(C)O)c2OCc2ccc(OC)cc2)cc1. The van der Waals surface area contributed by atoms with E-state index in [1.54, 1.807) is 21.1 Å². The highest BCUT2D eigenvalue weighted by molar-refractivity contribution is 5.48. The third kappa shape index (κ3) is 5.42. The molecule has 0 amide bonds. The van der Waals surface area contributed by atoms with Crippen molar-refractivity contribution in [2.45, 2.75) is 26.2 Å². The number of ether oxygens (including phenoxy) is 4. The van der Waals surface area contributed by atoms with Gasteiger partial charge in [-0.3, -0.25) is 0 Å². The number of benzene rings is 3. The van der Waals surface area contributed by atoms with E-state index in [1.807, 2.05) is 66.7 Å². The smallest absolute Gasteiger partial charge is 0.167 e. The van der Waals surface area contributed by atoms with Crippen LogP contribution in [-0.4, -0.2) is 19.3 Å². The van der Waals surface area contributed by atoms with Crippen LogP contribution in [0.3, 0.4) is 0 Å². The van der Waals surface area contributed by atoms with E-state index < -0.39 is 6.10 Å². The monoisotopic (exact) mass is 394 g/mol. The fraction of sp³-hybridized carbons (Fsp3) is 0.250. The second-order valence-corrected chi connectivity index (χ2v) is 6.62. The molecule has 3 rings (SSSR count). The predicted octanol–water partition coefficient (Wildman–Crippen LogP) is 4.92. The molecule has 3 aromatic rings. The molecule has 0 aliphatic rings. The molecular formula is C24H26O5. The topological polar surface area (TPSA) is 57.2 Å². The van der Waals surface area contributed by atoms with Gasteiger partial charge in [0.2, 0.25) is 0 Å². The van der Waals surface area contributed by atoms with Crippen LogP contribution in [0.25, 0.3) is 0 Å². The Balaban J connectivity index is 1.76. The van der Waals surface area contributed by atoms with E-state index in [0.717, 1.165) is 22.6 Å². The predicted molar refractivity (Wildman–Crippen MR) is 112 cm³/mol. The summed E-state index contributed by atoms with van der Waals surface area (Å²) in [6.45, 7) is 2.45. The average Bonchev–Trinajstić information content (AvgIpc) is 2.77. The molecule has 3 aromatic carbocycles. The zero-order chi connectivity index (χ0) is 20.6. The van der Waals surface area contributed by atoms with E-state index in [9.17, 15) is 5.11 Å². The highest BCUT2D eigenvalue weighted by atomic mass is 16.5. The van der Waals surface area contributed by atoms with E-state index in [0.29, 0.717) is 30.3 Å². The largest absolute Gasteiger partial charge is 0.497 e. The molecule has 1 unspecified atom stereocenters. The van der Waals surface area contributed by atoms with Gasteiger partial charge in [0.1, 0.15) is 24.7 Å². The molecule has 29 heavy (non-hydrogen) atoms. The average molecular weight is 394 g/mol. The van der Waals surface area contributed by atoms with Crippen molar-refractivity contribution in [3.05, 3.63) is 83.4 Å². The first-order chi connectivity index (χ1) is 14.1. The van der Waals surface area contributed by atoms with Crippen LogP contribution in [0.1, 0.15) is 29.7 Å². The van der Waals surface area contributed by atoms with Crippen molar-refractivity contribution in [1.82, 2.24) is 0 Å². The molecule has 152 valence electrons. The van der Waals surface area contributed by atoms with Crippen molar-refractivity contribution in [1.29, 1.82) is 0 Å². The molecule has 0 aromatic heterocycles. The number of aliphatic hydroxyl groups excluding tert-OH is 1. The molecule has 5 nitrogen and oxygen atoms in total. The van der Waals surface area contributed by atoms with Gasteiger partial charge in [-0.1, -0.05) is 36.4 Å². The summed E-state index contributed by atoms with van der Waals surface area (Å²) in [5, 5.41) is 10.2. The first kappa shape index (κ1) is 20.6. The molecule has 0 aliphatic heterocycles. The third-order valence-corrected chi connectivity index (χ3v) is 4.56. The summed E-state index contributed by atoms with van der Waals surface area (Å²) >= 11 is 0. The summed E-state index contributed by atoms with van der Waals surface area (Å²) in [6.07, 6.45) is -0.676. The lowest BCUT2D eigenvalue weighted by Crippen LogP contribution is -2.05. The quantitative estimate of drug-likeness (QED) is 0.559. The van der Waals surface area contributed by atoms with Gasteiger partial charge in [0.15, 0.2) is 11.5 Å². The molecule has 0 radical (unpaired) electrons. The van der Waals surface area contributed by atoms with Crippen LogP contribution in [0, 0.1) is 0 Å². The molecule has 0 fully saturated rings. The Morgan fingerprint density at radius 2 is 1.24 bits per heavy atom. The van der Waals surface area contributed by atoms with Crippen LogP contribution in [-0.2, 0) is 13.2 Å². The van der Waals surface area contributed by atoms with E-state index >= 15 is 0 Å². The van der Waals surface area contributed by atoms with Crippen molar-refractivity contribution >= 4 is 0 Å². The molecule has 0 heterocycles. The number of rotatable bonds is 9. The van der Waals surface area contributed by atoms with Crippen LogP contribution < -0.4 is 18.9 Å². The lowest BCUT2D eigenvalue weighted by atomic mass is 10.1. The van der Waals surface area contributed by atoms with Crippen LogP contribution in [0.4, 0.5) is 0 Å². The van der Waals surface area contributed by atoms with Crippen LogP contribution in [0.15, 0.2) is 66.7 Å². The van der Waals surface area contributed by atoms with E-state index in [2.05, 4.69) is 0 Å². The van der Waals surface area contributed by atoms with E-state index in [4.69, 9.17) is 18.9 Å². The Bertz CT molecular complexity index is 902. The van der Waals surface area contributed by atoms with Crippen LogP contribution in [0.2, 0.25) is 0 Å². The molecule has 0 bridgehead atoms. The Morgan fingerprint density at radius 1 is 0.724 bits per heavy atom. The van der Waals surface area contributed by atoms with Gasteiger partial charge < -0.3 is 24.1 Å². The number of methoxy groups -OCH3 is 2. The standard InChI is InChI=1S/C24H26O5/c1-17(25)22-5-4-6-23(28-15-18-7-11-20(26-2)12-8-18)24(22)29-16-19-9-13-21(27-3)14-10-19/h4-14,17,25H,15-16H2,1-3H3. The van der Waals surface area contributed by atoms with Crippen LogP contribution in [0.5, 0.6) is 23.0 Å². The zero-order valence-corrected chi connectivity index (χ0v) is 16.9. The van der Waals surface area contributed by atoms with Crippen molar-refractivity contribution in [2.75, 3.05) is 14.2 Å². The van der Waals surface area contributed by atoms with Crippen molar-refractivity contribution in [3.63, 3.8) is 0 Å². The normalized spacial score (nSPS) is 11.6. The van der Waals surface area contributed by atoms with Gasteiger partial charge in [-0.05, 0) is 48.4 Å². The second-order valence-electron chi connectivity index (χ2n) is 6.62. The summed E-state index contributed by atoms with van der Waals surface area (Å²) in [5.41, 5.74) is 2.69. The third-order valence-electron chi connectivity index (χ3n) is 4.56. The van der Waals surface area contributed by atoms with Gasteiger partial charge in [-0.15, -0.1) is 0 Å². The van der Waals surface area contributed by atoms with Gasteiger partial charge >= 0.3 is 0 Å². The van der Waals surface area contributed by atoms with Gasteiger partial charge in [0, 0.05) is 5.56 Å². The first-order valence-electron chi connectivity index (χ1n) is 9.43. The minimum absolute atomic E-state index is 0.354.